The van der Waals surface area contributed by atoms with Gasteiger partial charge < -0.3 is 9.30 Å². The number of nitrogens with zero attached hydrogens (tertiary/aromatic N) is 3. The van der Waals surface area contributed by atoms with Gasteiger partial charge in [-0.25, -0.2) is 8.42 Å². The van der Waals surface area contributed by atoms with Crippen molar-refractivity contribution in [2.75, 3.05) is 26.3 Å². The van der Waals surface area contributed by atoms with Crippen molar-refractivity contribution < 1.29 is 17.9 Å². The molecule has 0 radical (unpaired) electrons. The Morgan fingerprint density at radius 2 is 1.76 bits per heavy atom. The van der Waals surface area contributed by atoms with Gasteiger partial charge in [-0.1, -0.05) is 41.1 Å². The van der Waals surface area contributed by atoms with E-state index in [4.69, 9.17) is 4.74 Å². The summed E-state index contributed by atoms with van der Waals surface area (Å²) in [6, 6.07) is 12.0. The van der Waals surface area contributed by atoms with Crippen LogP contribution in [0.2, 0.25) is 0 Å². The summed E-state index contributed by atoms with van der Waals surface area (Å²) >= 11 is 4.92. The highest BCUT2D eigenvalue weighted by atomic mass is 79.9. The smallest absolute Gasteiger partial charge is 0.279 e. The molecular weight excluding hydrogens is 538 g/mol. The van der Waals surface area contributed by atoms with Gasteiger partial charge in [-0.3, -0.25) is 4.79 Å². The Labute approximate surface area is 213 Å². The van der Waals surface area contributed by atoms with E-state index in [1.165, 1.54) is 39.9 Å². The largest absolute Gasteiger partial charge is 0.380 e. The number of carbonyl (C=O) groups excluding carboxylic acids is 1. The molecule has 2 aromatic carbocycles. The molecule has 0 aliphatic heterocycles. The third-order valence-electron chi connectivity index (χ3n) is 5.19. The number of benzene rings is 2. The molecule has 0 bridgehead atoms. The standard InChI is InChI=1S/C24H30BrN3O4S2/c1-4-13-27(14-5-2)34(30,31)20-10-7-18(8-11-20)23(29)26-24-28(15-16-32-6-3)21-12-9-19(25)17-22(21)33-24/h7-12,17H,4-6,13-16H2,1-3H3. The molecule has 7 nitrogen and oxygen atoms in total. The third-order valence-corrected chi connectivity index (χ3v) is 8.64. The average Bonchev–Trinajstić information content (AvgIpc) is 3.15. The maximum Gasteiger partial charge on any atom is 0.279 e. The summed E-state index contributed by atoms with van der Waals surface area (Å²) in [5.74, 6) is -0.418. The van der Waals surface area contributed by atoms with Crippen LogP contribution in [0.3, 0.4) is 0 Å². The molecule has 1 heterocycles. The van der Waals surface area contributed by atoms with Crippen molar-refractivity contribution in [1.29, 1.82) is 0 Å². The van der Waals surface area contributed by atoms with Crippen LogP contribution in [0.25, 0.3) is 10.2 Å². The second-order valence-corrected chi connectivity index (χ2v) is 11.6. The van der Waals surface area contributed by atoms with E-state index in [-0.39, 0.29) is 4.90 Å². The maximum atomic E-state index is 13.0. The van der Waals surface area contributed by atoms with Gasteiger partial charge in [-0.15, -0.1) is 0 Å². The SMILES string of the molecule is CCCN(CCC)S(=O)(=O)c1ccc(C(=O)N=c2sc3cc(Br)ccc3n2CCOCC)cc1. The molecule has 0 saturated heterocycles. The molecule has 0 N–H and O–H groups in total. The Bertz CT molecular complexity index is 1290. The molecule has 0 saturated carbocycles. The van der Waals surface area contributed by atoms with Crippen molar-refractivity contribution in [2.24, 2.45) is 4.99 Å². The summed E-state index contributed by atoms with van der Waals surface area (Å²) in [6.45, 7) is 8.48. The Kier molecular flexibility index (Phi) is 9.61. The first-order valence-corrected chi connectivity index (χ1v) is 14.4. The van der Waals surface area contributed by atoms with Gasteiger partial charge in [0.1, 0.15) is 0 Å². The van der Waals surface area contributed by atoms with Crippen LogP contribution >= 0.6 is 27.3 Å². The van der Waals surface area contributed by atoms with Crippen LogP contribution in [0.1, 0.15) is 44.0 Å². The molecule has 34 heavy (non-hydrogen) atoms. The second-order valence-electron chi connectivity index (χ2n) is 7.69. The number of carbonyl (C=O) groups is 1. The van der Waals surface area contributed by atoms with Gasteiger partial charge in [-0.05, 0) is 62.2 Å². The molecule has 0 unspecified atom stereocenters. The molecule has 0 atom stereocenters. The van der Waals surface area contributed by atoms with E-state index in [9.17, 15) is 13.2 Å². The number of thiazole rings is 1. The quantitative estimate of drug-likeness (QED) is 0.303. The highest BCUT2D eigenvalue weighted by Gasteiger charge is 2.23. The van der Waals surface area contributed by atoms with E-state index < -0.39 is 15.9 Å². The summed E-state index contributed by atoms with van der Waals surface area (Å²) in [4.78, 5) is 18.1. The molecular formula is C24H30BrN3O4S2. The van der Waals surface area contributed by atoms with Gasteiger partial charge in [0.2, 0.25) is 10.0 Å². The summed E-state index contributed by atoms with van der Waals surface area (Å²) in [6.07, 6.45) is 1.48. The number of halogens is 1. The van der Waals surface area contributed by atoms with E-state index in [0.717, 1.165) is 27.5 Å². The monoisotopic (exact) mass is 567 g/mol. The van der Waals surface area contributed by atoms with Crippen molar-refractivity contribution in [2.45, 2.75) is 45.1 Å². The van der Waals surface area contributed by atoms with Gasteiger partial charge >= 0.3 is 0 Å². The number of aromatic nitrogens is 1. The number of fused-ring (bicyclic) bond motifs is 1. The first kappa shape index (κ1) is 26.7. The second kappa shape index (κ2) is 12.2. The van der Waals surface area contributed by atoms with Crippen LogP contribution in [0.15, 0.2) is 56.8 Å². The van der Waals surface area contributed by atoms with E-state index in [1.54, 1.807) is 0 Å². The fourth-order valence-corrected chi connectivity index (χ4v) is 6.80. The van der Waals surface area contributed by atoms with E-state index in [2.05, 4.69) is 20.9 Å². The lowest BCUT2D eigenvalue weighted by Crippen LogP contribution is -2.32. The number of sulfonamides is 1. The summed E-state index contributed by atoms with van der Waals surface area (Å²) < 4.78 is 36.9. The van der Waals surface area contributed by atoms with Crippen LogP contribution in [-0.2, 0) is 21.3 Å². The molecule has 1 aromatic heterocycles. The van der Waals surface area contributed by atoms with Crippen LogP contribution in [0.5, 0.6) is 0 Å². The highest BCUT2D eigenvalue weighted by Crippen LogP contribution is 2.23. The van der Waals surface area contributed by atoms with Crippen LogP contribution < -0.4 is 4.80 Å². The summed E-state index contributed by atoms with van der Waals surface area (Å²) in [5, 5.41) is 0. The predicted molar refractivity (Wildman–Crippen MR) is 140 cm³/mol. The van der Waals surface area contributed by atoms with Crippen LogP contribution in [-0.4, -0.2) is 49.5 Å². The van der Waals surface area contributed by atoms with Gasteiger partial charge in [0.15, 0.2) is 4.80 Å². The van der Waals surface area contributed by atoms with Crippen molar-refractivity contribution in [3.8, 4) is 0 Å². The fraction of sp³-hybridized carbons (Fsp3) is 0.417. The number of amides is 1. The molecule has 0 aliphatic carbocycles. The molecule has 3 rings (SSSR count). The molecule has 10 heteroatoms. The first-order valence-electron chi connectivity index (χ1n) is 11.4. The highest BCUT2D eigenvalue weighted by molar-refractivity contribution is 9.10. The summed E-state index contributed by atoms with van der Waals surface area (Å²) in [7, 11) is -3.60. The number of hydrogen-bond donors (Lipinski definition) is 0. The lowest BCUT2D eigenvalue weighted by atomic mass is 10.2. The fourth-order valence-electron chi connectivity index (χ4n) is 3.57. The molecule has 184 valence electrons. The van der Waals surface area contributed by atoms with Gasteiger partial charge in [0, 0.05) is 36.3 Å². The number of rotatable bonds is 11. The average molecular weight is 569 g/mol. The summed E-state index contributed by atoms with van der Waals surface area (Å²) in [5.41, 5.74) is 1.32. The first-order chi connectivity index (χ1) is 16.3. The van der Waals surface area contributed by atoms with Crippen molar-refractivity contribution in [1.82, 2.24) is 8.87 Å². The van der Waals surface area contributed by atoms with Gasteiger partial charge in [0.05, 0.1) is 21.7 Å². The third kappa shape index (κ3) is 6.23. The van der Waals surface area contributed by atoms with Crippen molar-refractivity contribution in [3.63, 3.8) is 0 Å². The van der Waals surface area contributed by atoms with Crippen molar-refractivity contribution in [3.05, 3.63) is 57.3 Å². The number of ether oxygens (including phenoxy) is 1. The zero-order valence-electron chi connectivity index (χ0n) is 19.7. The number of hydrogen-bond acceptors (Lipinski definition) is 5. The Morgan fingerprint density at radius 3 is 2.38 bits per heavy atom. The minimum atomic E-state index is -3.60. The predicted octanol–water partition coefficient (Wildman–Crippen LogP) is 5.05. The van der Waals surface area contributed by atoms with Gasteiger partial charge in [-0.2, -0.15) is 9.30 Å². The van der Waals surface area contributed by atoms with Crippen LogP contribution in [0.4, 0.5) is 0 Å². The topological polar surface area (TPSA) is 81.0 Å². The molecule has 3 aromatic rings. The van der Waals surface area contributed by atoms with E-state index in [0.29, 0.717) is 43.2 Å². The normalized spacial score (nSPS) is 12.7. The maximum absolute atomic E-state index is 13.0. The lowest BCUT2D eigenvalue weighted by molar-refractivity contribution is 0.0996. The Morgan fingerprint density at radius 1 is 1.09 bits per heavy atom. The zero-order chi connectivity index (χ0) is 24.7. The molecule has 1 amide bonds. The van der Waals surface area contributed by atoms with E-state index in [1.807, 2.05) is 43.5 Å². The zero-order valence-corrected chi connectivity index (χ0v) is 22.9. The van der Waals surface area contributed by atoms with E-state index >= 15 is 0 Å². The Hall–Kier alpha value is -1.85. The van der Waals surface area contributed by atoms with Crippen molar-refractivity contribution >= 4 is 53.4 Å². The molecule has 0 fully saturated rings. The molecule has 0 spiro atoms. The molecule has 0 aliphatic rings. The minimum absolute atomic E-state index is 0.185. The van der Waals surface area contributed by atoms with Crippen LogP contribution in [0, 0.1) is 0 Å². The Balaban J connectivity index is 1.93. The van der Waals surface area contributed by atoms with Gasteiger partial charge in [0.25, 0.3) is 5.91 Å². The lowest BCUT2D eigenvalue weighted by Gasteiger charge is -2.21. The minimum Gasteiger partial charge on any atom is -0.380 e.